The van der Waals surface area contributed by atoms with Gasteiger partial charge in [-0.3, -0.25) is 5.10 Å². The van der Waals surface area contributed by atoms with Crippen LogP contribution >= 0.6 is 0 Å². The van der Waals surface area contributed by atoms with Gasteiger partial charge in [0.15, 0.2) is 5.76 Å². The maximum Gasteiger partial charge on any atom is 0.152 e. The predicted molar refractivity (Wildman–Crippen MR) is 90.7 cm³/mol. The van der Waals surface area contributed by atoms with Crippen molar-refractivity contribution in [1.82, 2.24) is 15.5 Å². The molecular formula is C18H21N3O3. The monoisotopic (exact) mass is 327 g/mol. The largest absolute Gasteiger partial charge is 0.491 e. The summed E-state index contributed by atoms with van der Waals surface area (Å²) in [6.45, 7) is 3.15. The van der Waals surface area contributed by atoms with Crippen molar-refractivity contribution in [1.29, 1.82) is 0 Å². The zero-order chi connectivity index (χ0) is 16.8. The van der Waals surface area contributed by atoms with Gasteiger partial charge in [-0.1, -0.05) is 18.2 Å². The van der Waals surface area contributed by atoms with E-state index in [0.29, 0.717) is 13.1 Å². The molecule has 3 aromatic rings. The van der Waals surface area contributed by atoms with Crippen molar-refractivity contribution in [2.75, 3.05) is 13.2 Å². The number of aryl methyl sites for hydroxylation is 1. The Morgan fingerprint density at radius 3 is 2.83 bits per heavy atom. The third kappa shape index (κ3) is 4.24. The molecule has 1 unspecified atom stereocenters. The summed E-state index contributed by atoms with van der Waals surface area (Å²) in [5.74, 6) is 2.36. The number of furan rings is 1. The van der Waals surface area contributed by atoms with Crippen molar-refractivity contribution >= 4 is 0 Å². The van der Waals surface area contributed by atoms with Gasteiger partial charge < -0.3 is 19.6 Å². The van der Waals surface area contributed by atoms with E-state index in [-0.39, 0.29) is 6.61 Å². The van der Waals surface area contributed by atoms with E-state index in [2.05, 4.69) is 15.5 Å². The maximum atomic E-state index is 10.00. The summed E-state index contributed by atoms with van der Waals surface area (Å²) in [6.07, 6.45) is 1.17. The van der Waals surface area contributed by atoms with Crippen molar-refractivity contribution in [3.05, 3.63) is 60.0 Å². The Hall–Kier alpha value is -2.57. The molecule has 0 amide bonds. The Kier molecular flexibility index (Phi) is 5.30. The fourth-order valence-corrected chi connectivity index (χ4v) is 2.37. The van der Waals surface area contributed by atoms with E-state index in [0.717, 1.165) is 28.5 Å². The van der Waals surface area contributed by atoms with E-state index < -0.39 is 6.10 Å². The minimum absolute atomic E-state index is 0.243. The number of aliphatic hydroxyl groups excluding tert-OH is 1. The molecule has 3 N–H and O–H groups in total. The lowest BCUT2D eigenvalue weighted by Crippen LogP contribution is -2.31. The Morgan fingerprint density at radius 1 is 1.25 bits per heavy atom. The van der Waals surface area contributed by atoms with Crippen LogP contribution in [0.4, 0.5) is 0 Å². The minimum atomic E-state index is -0.591. The van der Waals surface area contributed by atoms with Gasteiger partial charge in [0.2, 0.25) is 0 Å². The quantitative estimate of drug-likeness (QED) is 0.592. The number of aromatic nitrogens is 2. The maximum absolute atomic E-state index is 10.00. The van der Waals surface area contributed by atoms with Crippen molar-refractivity contribution in [2.45, 2.75) is 19.6 Å². The fraction of sp³-hybridized carbons (Fsp3) is 0.278. The Balaban J connectivity index is 1.46. The molecule has 24 heavy (non-hydrogen) atoms. The van der Waals surface area contributed by atoms with Crippen LogP contribution < -0.4 is 10.1 Å². The second-order valence-corrected chi connectivity index (χ2v) is 5.59. The Morgan fingerprint density at radius 2 is 2.08 bits per heavy atom. The summed E-state index contributed by atoms with van der Waals surface area (Å²) >= 11 is 0. The zero-order valence-corrected chi connectivity index (χ0v) is 13.5. The molecule has 3 rings (SSSR count). The molecule has 126 valence electrons. The number of H-pyrrole nitrogens is 1. The van der Waals surface area contributed by atoms with Crippen molar-refractivity contribution in [3.8, 4) is 17.2 Å². The molecule has 0 aliphatic carbocycles. The number of aliphatic hydroxyl groups is 1. The Bertz CT molecular complexity index is 752. The second-order valence-electron chi connectivity index (χ2n) is 5.59. The minimum Gasteiger partial charge on any atom is -0.491 e. The number of hydrogen-bond donors (Lipinski definition) is 3. The van der Waals surface area contributed by atoms with E-state index in [4.69, 9.17) is 9.15 Å². The molecule has 6 heteroatoms. The number of rotatable bonds is 8. The van der Waals surface area contributed by atoms with Gasteiger partial charge in [0, 0.05) is 18.7 Å². The summed E-state index contributed by atoms with van der Waals surface area (Å²) in [5.41, 5.74) is 1.84. The van der Waals surface area contributed by atoms with Gasteiger partial charge in [0.05, 0.1) is 6.20 Å². The number of para-hydroxylation sites is 1. The van der Waals surface area contributed by atoms with E-state index in [1.54, 1.807) is 6.20 Å². The van der Waals surface area contributed by atoms with Crippen LogP contribution in [0.5, 0.6) is 5.75 Å². The van der Waals surface area contributed by atoms with Gasteiger partial charge >= 0.3 is 0 Å². The van der Waals surface area contributed by atoms with Crippen LogP contribution in [0.25, 0.3) is 11.5 Å². The summed E-state index contributed by atoms with van der Waals surface area (Å²) in [5, 5.41) is 20.2. The molecule has 0 saturated heterocycles. The highest BCUT2D eigenvalue weighted by molar-refractivity contribution is 5.56. The highest BCUT2D eigenvalue weighted by Gasteiger charge is 2.12. The molecule has 2 heterocycles. The third-order valence-corrected chi connectivity index (χ3v) is 3.59. The number of nitrogens with zero attached hydrogens (tertiary/aromatic N) is 1. The molecule has 0 spiro atoms. The number of benzene rings is 1. The van der Waals surface area contributed by atoms with Crippen molar-refractivity contribution in [2.24, 2.45) is 0 Å². The average Bonchev–Trinajstić information content (AvgIpc) is 3.22. The fourth-order valence-electron chi connectivity index (χ4n) is 2.37. The molecule has 1 aromatic carbocycles. The smallest absolute Gasteiger partial charge is 0.152 e. The van der Waals surface area contributed by atoms with E-state index >= 15 is 0 Å². The van der Waals surface area contributed by atoms with Crippen LogP contribution in [0.1, 0.15) is 11.3 Å². The normalized spacial score (nSPS) is 12.2. The lowest BCUT2D eigenvalue weighted by molar-refractivity contribution is 0.106. The van der Waals surface area contributed by atoms with Crippen molar-refractivity contribution in [3.63, 3.8) is 0 Å². The molecule has 0 bridgehead atoms. The standard InChI is InChI=1S/C18H21N3O3/c1-13-7-8-17(24-13)18-14(10-20-21-18)9-19-11-15(22)12-23-16-5-3-2-4-6-16/h2-8,10,15,19,22H,9,11-12H2,1H3,(H,20,21). The number of nitrogens with one attached hydrogen (secondary N) is 2. The first-order valence-corrected chi connectivity index (χ1v) is 7.88. The molecule has 0 aliphatic rings. The summed E-state index contributed by atoms with van der Waals surface area (Å²) in [4.78, 5) is 0. The summed E-state index contributed by atoms with van der Waals surface area (Å²) in [6, 6.07) is 13.3. The van der Waals surface area contributed by atoms with E-state index in [9.17, 15) is 5.11 Å². The number of hydrogen-bond acceptors (Lipinski definition) is 5. The van der Waals surface area contributed by atoms with Crippen LogP contribution in [0.3, 0.4) is 0 Å². The van der Waals surface area contributed by atoms with Gasteiger partial charge in [-0.15, -0.1) is 0 Å². The van der Waals surface area contributed by atoms with Crippen LogP contribution in [-0.4, -0.2) is 34.6 Å². The van der Waals surface area contributed by atoms with Gasteiger partial charge in [-0.25, -0.2) is 0 Å². The highest BCUT2D eigenvalue weighted by atomic mass is 16.5. The zero-order valence-electron chi connectivity index (χ0n) is 13.5. The van der Waals surface area contributed by atoms with Crippen LogP contribution in [0.2, 0.25) is 0 Å². The van der Waals surface area contributed by atoms with E-state index in [1.807, 2.05) is 49.4 Å². The SMILES string of the molecule is Cc1ccc(-c2[nH]ncc2CNCC(O)COc2ccccc2)o1. The first-order chi connectivity index (χ1) is 11.7. The van der Waals surface area contributed by atoms with Gasteiger partial charge in [0.1, 0.15) is 29.9 Å². The first kappa shape index (κ1) is 16.3. The number of ether oxygens (including phenoxy) is 1. The van der Waals surface area contributed by atoms with Crippen molar-refractivity contribution < 1.29 is 14.3 Å². The van der Waals surface area contributed by atoms with Gasteiger partial charge in [-0.2, -0.15) is 5.10 Å². The second kappa shape index (κ2) is 7.81. The predicted octanol–water partition coefficient (Wildman–Crippen LogP) is 2.51. The van der Waals surface area contributed by atoms with Gasteiger partial charge in [0.25, 0.3) is 0 Å². The van der Waals surface area contributed by atoms with E-state index in [1.165, 1.54) is 0 Å². The van der Waals surface area contributed by atoms with Gasteiger partial charge in [-0.05, 0) is 31.2 Å². The topological polar surface area (TPSA) is 83.3 Å². The lowest BCUT2D eigenvalue weighted by atomic mass is 10.2. The lowest BCUT2D eigenvalue weighted by Gasteiger charge is -2.13. The summed E-state index contributed by atoms with van der Waals surface area (Å²) < 4.78 is 11.1. The molecule has 0 radical (unpaired) electrons. The molecule has 6 nitrogen and oxygen atoms in total. The highest BCUT2D eigenvalue weighted by Crippen LogP contribution is 2.23. The Labute approximate surface area is 140 Å². The van der Waals surface area contributed by atoms with Crippen LogP contribution in [0.15, 0.2) is 53.1 Å². The average molecular weight is 327 g/mol. The molecule has 1 atom stereocenters. The molecular weight excluding hydrogens is 306 g/mol. The molecule has 0 saturated carbocycles. The molecule has 2 aromatic heterocycles. The molecule has 0 fully saturated rings. The summed E-state index contributed by atoms with van der Waals surface area (Å²) in [7, 11) is 0. The van der Waals surface area contributed by atoms with Crippen LogP contribution in [0, 0.1) is 6.92 Å². The molecule has 0 aliphatic heterocycles. The third-order valence-electron chi connectivity index (χ3n) is 3.59. The number of aromatic amines is 1. The first-order valence-electron chi connectivity index (χ1n) is 7.88. The van der Waals surface area contributed by atoms with Crippen LogP contribution in [-0.2, 0) is 6.54 Å².